The maximum absolute atomic E-state index is 11.0. The Kier molecular flexibility index (Phi) is 2.08. The van der Waals surface area contributed by atoms with E-state index in [-0.39, 0.29) is 11.8 Å². The Morgan fingerprint density at radius 3 is 3.23 bits per heavy atom. The monoisotopic (exact) mass is 178 g/mol. The number of rotatable bonds is 1. The maximum atomic E-state index is 11.0. The normalized spacial score (nSPS) is 31.5. The summed E-state index contributed by atoms with van der Waals surface area (Å²) in [6, 6.07) is 0. The van der Waals surface area contributed by atoms with Gasteiger partial charge in [-0.2, -0.15) is 0 Å². The Morgan fingerprint density at radius 2 is 2.46 bits per heavy atom. The molecule has 0 saturated carbocycles. The van der Waals surface area contributed by atoms with Gasteiger partial charge in [-0.15, -0.1) is 0 Å². The molecule has 1 amide bonds. The first-order valence-corrected chi connectivity index (χ1v) is 4.67. The molecule has 1 aliphatic heterocycles. The van der Waals surface area contributed by atoms with Crippen LogP contribution >= 0.6 is 0 Å². The summed E-state index contributed by atoms with van der Waals surface area (Å²) < 4.78 is 0. The number of nitrogens with one attached hydrogen (secondary N) is 1. The lowest BCUT2D eigenvalue weighted by Gasteiger charge is -2.32. The van der Waals surface area contributed by atoms with Crippen LogP contribution in [0.15, 0.2) is 23.9 Å². The van der Waals surface area contributed by atoms with Gasteiger partial charge >= 0.3 is 0 Å². The molecule has 0 aromatic carbocycles. The van der Waals surface area contributed by atoms with Gasteiger partial charge in [-0.25, -0.2) is 0 Å². The molecule has 2 rings (SSSR count). The van der Waals surface area contributed by atoms with Crippen LogP contribution in [0.2, 0.25) is 0 Å². The zero-order valence-electron chi connectivity index (χ0n) is 7.49. The molecule has 13 heavy (non-hydrogen) atoms. The van der Waals surface area contributed by atoms with E-state index in [2.05, 4.69) is 23.5 Å². The van der Waals surface area contributed by atoms with E-state index in [1.165, 1.54) is 5.70 Å². The molecule has 1 fully saturated rings. The van der Waals surface area contributed by atoms with Gasteiger partial charge in [0.25, 0.3) is 0 Å². The Balaban J connectivity index is 2.07. The van der Waals surface area contributed by atoms with E-state index in [0.29, 0.717) is 12.5 Å². The predicted octanol–water partition coefficient (Wildman–Crippen LogP) is 0.541. The van der Waals surface area contributed by atoms with Crippen LogP contribution < -0.4 is 11.1 Å². The largest absolute Gasteiger partial charge is 0.387 e. The zero-order chi connectivity index (χ0) is 9.26. The Hall–Kier alpha value is -1.25. The van der Waals surface area contributed by atoms with Crippen LogP contribution in [0.1, 0.15) is 12.8 Å². The number of hydrogen-bond acceptors (Lipinski definition) is 2. The number of carbonyl (C=O) groups is 1. The van der Waals surface area contributed by atoms with Crippen LogP contribution in [-0.2, 0) is 4.79 Å². The standard InChI is InChI=1S/C10H14N2O/c11-10(13)8-5-7-3-1-2-4-9(7)12-6-8/h1-2,4,7-8,12H,3,5-6H2,(H2,11,13). The molecule has 0 spiro atoms. The highest BCUT2D eigenvalue weighted by Gasteiger charge is 2.28. The molecule has 1 saturated heterocycles. The summed E-state index contributed by atoms with van der Waals surface area (Å²) in [5.74, 6) is 0.311. The third-order valence-corrected chi connectivity index (χ3v) is 2.80. The van der Waals surface area contributed by atoms with Crippen molar-refractivity contribution in [3.8, 4) is 0 Å². The van der Waals surface area contributed by atoms with Gasteiger partial charge in [-0.05, 0) is 18.9 Å². The third kappa shape index (κ3) is 1.59. The second-order valence-corrected chi connectivity index (χ2v) is 3.70. The van der Waals surface area contributed by atoms with Crippen molar-refractivity contribution >= 4 is 5.91 Å². The fraction of sp³-hybridized carbons (Fsp3) is 0.500. The van der Waals surface area contributed by atoms with Gasteiger partial charge < -0.3 is 11.1 Å². The molecule has 1 aliphatic carbocycles. The van der Waals surface area contributed by atoms with Crippen molar-refractivity contribution in [2.75, 3.05) is 6.54 Å². The van der Waals surface area contributed by atoms with Crippen molar-refractivity contribution in [2.24, 2.45) is 17.6 Å². The molecule has 0 bridgehead atoms. The van der Waals surface area contributed by atoms with E-state index in [1.807, 2.05) is 0 Å². The maximum Gasteiger partial charge on any atom is 0.222 e. The highest BCUT2D eigenvalue weighted by Crippen LogP contribution is 2.29. The van der Waals surface area contributed by atoms with Crippen molar-refractivity contribution in [1.82, 2.24) is 5.32 Å². The fourth-order valence-electron chi connectivity index (χ4n) is 1.99. The number of amides is 1. The van der Waals surface area contributed by atoms with Gasteiger partial charge in [0, 0.05) is 18.2 Å². The summed E-state index contributed by atoms with van der Waals surface area (Å²) >= 11 is 0. The molecular formula is C10H14N2O. The van der Waals surface area contributed by atoms with Crippen molar-refractivity contribution in [3.63, 3.8) is 0 Å². The van der Waals surface area contributed by atoms with E-state index in [0.717, 1.165) is 12.8 Å². The molecule has 1 heterocycles. The zero-order valence-corrected chi connectivity index (χ0v) is 7.49. The molecule has 3 nitrogen and oxygen atoms in total. The minimum Gasteiger partial charge on any atom is -0.387 e. The summed E-state index contributed by atoms with van der Waals surface area (Å²) in [6.45, 7) is 0.700. The minimum absolute atomic E-state index is 0.00801. The smallest absolute Gasteiger partial charge is 0.222 e. The fourth-order valence-corrected chi connectivity index (χ4v) is 1.99. The molecule has 0 aromatic heterocycles. The third-order valence-electron chi connectivity index (χ3n) is 2.80. The molecule has 0 aromatic rings. The summed E-state index contributed by atoms with van der Waals surface area (Å²) in [4.78, 5) is 11.0. The number of hydrogen-bond donors (Lipinski definition) is 2. The van der Waals surface area contributed by atoms with Crippen LogP contribution in [-0.4, -0.2) is 12.5 Å². The highest BCUT2D eigenvalue weighted by atomic mass is 16.1. The summed E-state index contributed by atoms with van der Waals surface area (Å²) in [5.41, 5.74) is 6.54. The van der Waals surface area contributed by atoms with Crippen LogP contribution in [0, 0.1) is 11.8 Å². The van der Waals surface area contributed by atoms with Crippen LogP contribution in [0.5, 0.6) is 0 Å². The average Bonchev–Trinajstić information content (AvgIpc) is 2.17. The lowest BCUT2D eigenvalue weighted by molar-refractivity contribution is -0.122. The number of carbonyl (C=O) groups excluding carboxylic acids is 1. The topological polar surface area (TPSA) is 55.1 Å². The first-order chi connectivity index (χ1) is 6.27. The van der Waals surface area contributed by atoms with E-state index in [9.17, 15) is 4.79 Å². The summed E-state index contributed by atoms with van der Waals surface area (Å²) in [6.07, 6.45) is 8.22. The van der Waals surface area contributed by atoms with Crippen molar-refractivity contribution in [2.45, 2.75) is 12.8 Å². The number of primary amides is 1. The van der Waals surface area contributed by atoms with Gasteiger partial charge in [0.1, 0.15) is 0 Å². The molecule has 0 radical (unpaired) electrons. The van der Waals surface area contributed by atoms with Crippen molar-refractivity contribution in [3.05, 3.63) is 23.9 Å². The Labute approximate surface area is 77.7 Å². The molecule has 3 N–H and O–H groups in total. The van der Waals surface area contributed by atoms with Crippen LogP contribution in [0.3, 0.4) is 0 Å². The molecular weight excluding hydrogens is 164 g/mol. The number of piperidine rings is 1. The first kappa shape index (κ1) is 8.35. The second kappa shape index (κ2) is 3.24. The quantitative estimate of drug-likeness (QED) is 0.615. The van der Waals surface area contributed by atoms with Crippen LogP contribution in [0.25, 0.3) is 0 Å². The van der Waals surface area contributed by atoms with Crippen LogP contribution in [0.4, 0.5) is 0 Å². The first-order valence-electron chi connectivity index (χ1n) is 4.67. The molecule has 2 unspecified atom stereocenters. The number of nitrogens with two attached hydrogens (primary N) is 1. The minimum atomic E-state index is -0.180. The van der Waals surface area contributed by atoms with Gasteiger partial charge in [-0.3, -0.25) is 4.79 Å². The van der Waals surface area contributed by atoms with E-state index in [4.69, 9.17) is 5.73 Å². The average molecular weight is 178 g/mol. The van der Waals surface area contributed by atoms with Gasteiger partial charge in [-0.1, -0.05) is 12.2 Å². The van der Waals surface area contributed by atoms with E-state index < -0.39 is 0 Å². The summed E-state index contributed by atoms with van der Waals surface area (Å²) in [5, 5.41) is 3.26. The second-order valence-electron chi connectivity index (χ2n) is 3.70. The molecule has 2 aliphatic rings. The lowest BCUT2D eigenvalue weighted by atomic mass is 9.83. The Morgan fingerprint density at radius 1 is 1.62 bits per heavy atom. The van der Waals surface area contributed by atoms with Gasteiger partial charge in [0.15, 0.2) is 0 Å². The van der Waals surface area contributed by atoms with E-state index >= 15 is 0 Å². The number of fused-ring (bicyclic) bond motifs is 1. The van der Waals surface area contributed by atoms with Crippen molar-refractivity contribution < 1.29 is 4.79 Å². The Bertz CT molecular complexity index is 281. The highest BCUT2D eigenvalue weighted by molar-refractivity contribution is 5.77. The van der Waals surface area contributed by atoms with Gasteiger partial charge in [0.05, 0.1) is 5.92 Å². The van der Waals surface area contributed by atoms with Gasteiger partial charge in [0.2, 0.25) is 5.91 Å². The predicted molar refractivity (Wildman–Crippen MR) is 50.6 cm³/mol. The SMILES string of the molecule is NC(=O)C1CNC2=CC=CCC2C1. The van der Waals surface area contributed by atoms with Crippen molar-refractivity contribution in [1.29, 1.82) is 0 Å². The summed E-state index contributed by atoms with van der Waals surface area (Å²) in [7, 11) is 0. The van der Waals surface area contributed by atoms with E-state index in [1.54, 1.807) is 0 Å². The molecule has 2 atom stereocenters. The molecule has 70 valence electrons. The molecule has 3 heteroatoms. The number of allylic oxidation sites excluding steroid dienone is 4. The lowest BCUT2D eigenvalue weighted by Crippen LogP contribution is -2.41.